The average molecular weight is 500 g/mol. The molecule has 6 aromatic rings. The smallest absolute Gasteiger partial charge is 0.0415 e. The molecular formula is C38H29N. The van der Waals surface area contributed by atoms with Gasteiger partial charge in [-0.15, -0.1) is 0 Å². The van der Waals surface area contributed by atoms with Crippen LogP contribution in [0.1, 0.15) is 25.0 Å². The van der Waals surface area contributed by atoms with Crippen LogP contribution in [0.15, 0.2) is 128 Å². The molecule has 0 N–H and O–H groups in total. The van der Waals surface area contributed by atoms with Gasteiger partial charge in [0.25, 0.3) is 0 Å². The molecule has 0 aromatic heterocycles. The maximum absolute atomic E-state index is 2.48. The van der Waals surface area contributed by atoms with E-state index in [9.17, 15) is 0 Å². The second kappa shape index (κ2) is 8.19. The first-order chi connectivity index (χ1) is 19.1. The number of nitrogens with zero attached hydrogens (tertiary/aromatic N) is 1. The molecule has 6 aromatic carbocycles. The summed E-state index contributed by atoms with van der Waals surface area (Å²) in [6.07, 6.45) is 8.55. The molecule has 0 bridgehead atoms. The Hall–Kier alpha value is -4.62. The van der Waals surface area contributed by atoms with Crippen LogP contribution >= 0.6 is 0 Å². The fourth-order valence-corrected chi connectivity index (χ4v) is 6.85. The molecule has 1 nitrogen and oxygen atoms in total. The fourth-order valence-electron chi connectivity index (χ4n) is 6.85. The minimum atomic E-state index is -0.0586. The van der Waals surface area contributed by atoms with Crippen LogP contribution in [0.25, 0.3) is 54.6 Å². The molecule has 1 heteroatoms. The monoisotopic (exact) mass is 499 g/mol. The zero-order valence-electron chi connectivity index (χ0n) is 22.3. The van der Waals surface area contributed by atoms with Crippen molar-refractivity contribution in [2.24, 2.45) is 0 Å². The molecule has 39 heavy (non-hydrogen) atoms. The van der Waals surface area contributed by atoms with Crippen molar-refractivity contribution in [3.8, 4) is 22.3 Å². The molecule has 1 heterocycles. The summed E-state index contributed by atoms with van der Waals surface area (Å²) in [5.41, 5.74) is 9.23. The standard InChI is InChI=1S/C38H29N/c1-38(2)36-18-17-26(25-11-10-12-27(21-25)39-19-8-3-9-20-39)22-34(36)35-23-32-30-15-6-4-13-28(30)29-14-5-7-16-31(29)33(32)24-37(35)38/h3-19,21-24H,20H2,1-2H3. The number of anilines is 1. The Kier molecular flexibility index (Phi) is 4.70. The van der Waals surface area contributed by atoms with E-state index in [2.05, 4.69) is 146 Å². The van der Waals surface area contributed by atoms with E-state index in [1.165, 1.54) is 71.4 Å². The normalized spacial score (nSPS) is 15.3. The molecule has 0 fully saturated rings. The van der Waals surface area contributed by atoms with Crippen molar-refractivity contribution in [2.75, 3.05) is 11.4 Å². The van der Waals surface area contributed by atoms with Crippen LogP contribution in [0.5, 0.6) is 0 Å². The minimum absolute atomic E-state index is 0.0586. The third-order valence-corrected chi connectivity index (χ3v) is 8.87. The summed E-state index contributed by atoms with van der Waals surface area (Å²) in [5.74, 6) is 0. The zero-order valence-corrected chi connectivity index (χ0v) is 22.3. The molecular weight excluding hydrogens is 470 g/mol. The summed E-state index contributed by atoms with van der Waals surface area (Å²) < 4.78 is 0. The SMILES string of the molecule is CC1(C)c2ccc(-c3cccc(N4C=CC=CC4)c3)cc2-c2cc3c4ccccc4c4ccccc4c3cc21. The molecule has 2 aliphatic rings. The van der Waals surface area contributed by atoms with E-state index in [0.29, 0.717) is 0 Å². The van der Waals surface area contributed by atoms with Gasteiger partial charge in [0, 0.05) is 23.8 Å². The lowest BCUT2D eigenvalue weighted by molar-refractivity contribution is 0.661. The van der Waals surface area contributed by atoms with Gasteiger partial charge in [-0.05, 0) is 102 Å². The lowest BCUT2D eigenvalue weighted by atomic mass is 9.81. The van der Waals surface area contributed by atoms with Crippen molar-refractivity contribution in [3.05, 3.63) is 139 Å². The van der Waals surface area contributed by atoms with Gasteiger partial charge >= 0.3 is 0 Å². The van der Waals surface area contributed by atoms with Crippen LogP contribution < -0.4 is 4.90 Å². The van der Waals surface area contributed by atoms with Crippen molar-refractivity contribution >= 4 is 38.0 Å². The van der Waals surface area contributed by atoms with E-state index in [1.807, 2.05) is 0 Å². The van der Waals surface area contributed by atoms with Gasteiger partial charge in [0.15, 0.2) is 0 Å². The summed E-state index contributed by atoms with van der Waals surface area (Å²) in [6, 6.07) is 38.7. The molecule has 186 valence electrons. The molecule has 0 spiro atoms. The Morgan fingerprint density at radius 3 is 1.87 bits per heavy atom. The van der Waals surface area contributed by atoms with Crippen molar-refractivity contribution in [1.82, 2.24) is 0 Å². The quantitative estimate of drug-likeness (QED) is 0.214. The molecule has 1 aliphatic heterocycles. The van der Waals surface area contributed by atoms with E-state index < -0.39 is 0 Å². The zero-order chi connectivity index (χ0) is 26.1. The third kappa shape index (κ3) is 3.26. The predicted octanol–water partition coefficient (Wildman–Crippen LogP) is 10.0. The molecule has 1 aliphatic carbocycles. The first kappa shape index (κ1) is 22.4. The van der Waals surface area contributed by atoms with Crippen LogP contribution in [-0.2, 0) is 5.41 Å². The summed E-state index contributed by atoms with van der Waals surface area (Å²) >= 11 is 0. The Morgan fingerprint density at radius 2 is 1.18 bits per heavy atom. The van der Waals surface area contributed by atoms with Crippen LogP contribution in [0.3, 0.4) is 0 Å². The Balaban J connectivity index is 1.35. The average Bonchev–Trinajstić information content (AvgIpc) is 3.22. The van der Waals surface area contributed by atoms with Gasteiger partial charge in [-0.3, -0.25) is 0 Å². The molecule has 8 rings (SSSR count). The third-order valence-electron chi connectivity index (χ3n) is 8.87. The second-order valence-corrected chi connectivity index (χ2v) is 11.4. The lowest BCUT2D eigenvalue weighted by Gasteiger charge is -2.23. The number of benzene rings is 6. The van der Waals surface area contributed by atoms with Crippen LogP contribution in [0, 0.1) is 0 Å². The van der Waals surface area contributed by atoms with E-state index >= 15 is 0 Å². The first-order valence-electron chi connectivity index (χ1n) is 13.8. The highest BCUT2D eigenvalue weighted by atomic mass is 15.1. The number of rotatable bonds is 2. The Labute approximate surface area is 229 Å². The number of allylic oxidation sites excluding steroid dienone is 2. The second-order valence-electron chi connectivity index (χ2n) is 11.4. The fraction of sp³-hybridized carbons (Fsp3) is 0.105. The molecule has 0 saturated carbocycles. The van der Waals surface area contributed by atoms with Crippen molar-refractivity contribution in [1.29, 1.82) is 0 Å². The molecule has 0 unspecified atom stereocenters. The van der Waals surface area contributed by atoms with E-state index in [-0.39, 0.29) is 5.41 Å². The largest absolute Gasteiger partial charge is 0.344 e. The molecule has 0 atom stereocenters. The van der Waals surface area contributed by atoms with Crippen molar-refractivity contribution in [3.63, 3.8) is 0 Å². The number of fused-ring (bicyclic) bond motifs is 9. The van der Waals surface area contributed by atoms with Crippen LogP contribution in [0.2, 0.25) is 0 Å². The molecule has 0 saturated heterocycles. The summed E-state index contributed by atoms with van der Waals surface area (Å²) in [7, 11) is 0. The Bertz CT molecular complexity index is 2020. The highest BCUT2D eigenvalue weighted by Crippen LogP contribution is 2.52. The highest BCUT2D eigenvalue weighted by Gasteiger charge is 2.36. The first-order valence-corrected chi connectivity index (χ1v) is 13.8. The number of hydrogen-bond donors (Lipinski definition) is 0. The van der Waals surface area contributed by atoms with Gasteiger partial charge in [0.1, 0.15) is 0 Å². The maximum atomic E-state index is 2.48. The van der Waals surface area contributed by atoms with E-state index in [0.717, 1.165) is 6.54 Å². The van der Waals surface area contributed by atoms with Gasteiger partial charge in [-0.1, -0.05) is 98.8 Å². The Morgan fingerprint density at radius 1 is 0.538 bits per heavy atom. The number of hydrogen-bond acceptors (Lipinski definition) is 1. The minimum Gasteiger partial charge on any atom is -0.344 e. The lowest BCUT2D eigenvalue weighted by Crippen LogP contribution is -2.17. The van der Waals surface area contributed by atoms with Crippen LogP contribution in [0.4, 0.5) is 5.69 Å². The van der Waals surface area contributed by atoms with Gasteiger partial charge in [0.2, 0.25) is 0 Å². The maximum Gasteiger partial charge on any atom is 0.0415 e. The summed E-state index contributed by atoms with van der Waals surface area (Å²) in [4.78, 5) is 2.29. The summed E-state index contributed by atoms with van der Waals surface area (Å²) in [5, 5.41) is 8.00. The van der Waals surface area contributed by atoms with Gasteiger partial charge in [0.05, 0.1) is 0 Å². The van der Waals surface area contributed by atoms with Gasteiger partial charge in [-0.2, -0.15) is 0 Å². The van der Waals surface area contributed by atoms with Crippen LogP contribution in [-0.4, -0.2) is 6.54 Å². The van der Waals surface area contributed by atoms with Gasteiger partial charge in [-0.25, -0.2) is 0 Å². The highest BCUT2D eigenvalue weighted by molar-refractivity contribution is 6.26. The van der Waals surface area contributed by atoms with E-state index in [1.54, 1.807) is 0 Å². The van der Waals surface area contributed by atoms with Gasteiger partial charge < -0.3 is 4.90 Å². The van der Waals surface area contributed by atoms with Crippen molar-refractivity contribution in [2.45, 2.75) is 19.3 Å². The molecule has 0 radical (unpaired) electrons. The van der Waals surface area contributed by atoms with Crippen molar-refractivity contribution < 1.29 is 0 Å². The predicted molar refractivity (Wildman–Crippen MR) is 168 cm³/mol. The molecule has 0 amide bonds. The topological polar surface area (TPSA) is 3.24 Å². The van der Waals surface area contributed by atoms with E-state index in [4.69, 9.17) is 0 Å². The summed E-state index contributed by atoms with van der Waals surface area (Å²) in [6.45, 7) is 5.66.